The third-order valence-electron chi connectivity index (χ3n) is 2.61. The number of methoxy groups -OCH3 is 1. The van der Waals surface area contributed by atoms with Crippen molar-refractivity contribution in [3.05, 3.63) is 41.3 Å². The van der Waals surface area contributed by atoms with Crippen LogP contribution in [0.3, 0.4) is 0 Å². The van der Waals surface area contributed by atoms with Gasteiger partial charge in [-0.05, 0) is 24.6 Å². The molecule has 0 unspecified atom stereocenters. The summed E-state index contributed by atoms with van der Waals surface area (Å²) < 4.78 is 23.1. The lowest BCUT2D eigenvalue weighted by atomic mass is 10.0. The first-order chi connectivity index (χ1) is 8.65. The Bertz CT molecular complexity index is 577. The Morgan fingerprint density at radius 3 is 2.89 bits per heavy atom. The fourth-order valence-corrected chi connectivity index (χ4v) is 1.71. The summed E-state index contributed by atoms with van der Waals surface area (Å²) in [5, 5.41) is 3.68. The van der Waals surface area contributed by atoms with Gasteiger partial charge >= 0.3 is 5.97 Å². The smallest absolute Gasteiger partial charge is 0.337 e. The lowest BCUT2D eigenvalue weighted by Gasteiger charge is -2.03. The van der Waals surface area contributed by atoms with Gasteiger partial charge in [-0.2, -0.15) is 0 Å². The molecule has 1 aromatic heterocycles. The number of halogens is 1. The van der Waals surface area contributed by atoms with E-state index in [-0.39, 0.29) is 5.56 Å². The topological polar surface area (TPSA) is 52.3 Å². The van der Waals surface area contributed by atoms with Crippen molar-refractivity contribution in [1.29, 1.82) is 0 Å². The summed E-state index contributed by atoms with van der Waals surface area (Å²) in [6.07, 6.45) is 2.29. The minimum Gasteiger partial charge on any atom is -0.465 e. The molecular formula is C13H12FNO3. The van der Waals surface area contributed by atoms with Crippen molar-refractivity contribution < 1.29 is 18.4 Å². The van der Waals surface area contributed by atoms with Crippen LogP contribution in [0.2, 0.25) is 0 Å². The van der Waals surface area contributed by atoms with Crippen molar-refractivity contribution in [3.8, 4) is 11.3 Å². The van der Waals surface area contributed by atoms with E-state index in [1.54, 1.807) is 6.20 Å². The minimum atomic E-state index is -0.590. The lowest BCUT2D eigenvalue weighted by molar-refractivity contribution is 0.0600. The summed E-state index contributed by atoms with van der Waals surface area (Å²) in [5.74, 6) is -0.637. The van der Waals surface area contributed by atoms with Gasteiger partial charge in [0.05, 0.1) is 18.9 Å². The van der Waals surface area contributed by atoms with E-state index < -0.39 is 11.8 Å². The van der Waals surface area contributed by atoms with Gasteiger partial charge in [-0.3, -0.25) is 0 Å². The van der Waals surface area contributed by atoms with E-state index in [9.17, 15) is 9.18 Å². The van der Waals surface area contributed by atoms with Crippen molar-refractivity contribution in [1.82, 2.24) is 5.16 Å². The number of benzene rings is 1. The molecule has 0 fully saturated rings. The van der Waals surface area contributed by atoms with E-state index in [1.807, 2.05) is 6.92 Å². The number of aryl methyl sites for hydroxylation is 1. The van der Waals surface area contributed by atoms with Crippen LogP contribution in [-0.4, -0.2) is 18.2 Å². The van der Waals surface area contributed by atoms with Crippen LogP contribution < -0.4 is 0 Å². The Morgan fingerprint density at radius 2 is 2.22 bits per heavy atom. The molecule has 0 aliphatic rings. The van der Waals surface area contributed by atoms with Crippen LogP contribution in [0.4, 0.5) is 4.39 Å². The zero-order valence-electron chi connectivity index (χ0n) is 10.1. The highest BCUT2D eigenvalue weighted by Crippen LogP contribution is 2.26. The summed E-state index contributed by atoms with van der Waals surface area (Å²) in [7, 11) is 1.25. The SMILES string of the molecule is CCc1cnoc1-c1cc(F)cc(C(=O)OC)c1. The van der Waals surface area contributed by atoms with Crippen LogP contribution >= 0.6 is 0 Å². The molecule has 0 bridgehead atoms. The van der Waals surface area contributed by atoms with E-state index in [1.165, 1.54) is 19.2 Å². The van der Waals surface area contributed by atoms with Crippen LogP contribution in [0.15, 0.2) is 28.9 Å². The van der Waals surface area contributed by atoms with E-state index >= 15 is 0 Å². The predicted octanol–water partition coefficient (Wildman–Crippen LogP) is 2.83. The maximum Gasteiger partial charge on any atom is 0.337 e. The summed E-state index contributed by atoms with van der Waals surface area (Å²) in [4.78, 5) is 11.4. The first-order valence-corrected chi connectivity index (χ1v) is 5.48. The number of carbonyl (C=O) groups excluding carboxylic acids is 1. The number of carbonyl (C=O) groups is 1. The highest BCUT2D eigenvalue weighted by atomic mass is 19.1. The third-order valence-corrected chi connectivity index (χ3v) is 2.61. The molecule has 0 saturated heterocycles. The van der Waals surface area contributed by atoms with Crippen molar-refractivity contribution in [2.24, 2.45) is 0 Å². The monoisotopic (exact) mass is 249 g/mol. The average Bonchev–Trinajstić information content (AvgIpc) is 2.85. The van der Waals surface area contributed by atoms with E-state index in [0.717, 1.165) is 11.6 Å². The van der Waals surface area contributed by atoms with E-state index in [0.29, 0.717) is 17.7 Å². The van der Waals surface area contributed by atoms with Gasteiger partial charge in [0.15, 0.2) is 5.76 Å². The quantitative estimate of drug-likeness (QED) is 0.785. The van der Waals surface area contributed by atoms with Gasteiger partial charge in [0.1, 0.15) is 5.82 Å². The number of nitrogens with zero attached hydrogens (tertiary/aromatic N) is 1. The molecule has 94 valence electrons. The zero-order chi connectivity index (χ0) is 13.1. The maximum absolute atomic E-state index is 13.5. The Labute approximate surface area is 103 Å². The molecule has 0 aliphatic carbocycles. The number of hydrogen-bond donors (Lipinski definition) is 0. The van der Waals surface area contributed by atoms with Gasteiger partial charge in [0, 0.05) is 11.1 Å². The summed E-state index contributed by atoms with van der Waals surface area (Å²) in [6, 6.07) is 3.94. The lowest BCUT2D eigenvalue weighted by Crippen LogP contribution is -2.02. The number of ether oxygens (including phenoxy) is 1. The third kappa shape index (κ3) is 2.25. The molecule has 0 saturated carbocycles. The Hall–Kier alpha value is -2.17. The molecule has 1 aromatic carbocycles. The molecule has 4 nitrogen and oxygen atoms in total. The molecule has 2 rings (SSSR count). The van der Waals surface area contributed by atoms with Crippen LogP contribution in [0.5, 0.6) is 0 Å². The molecule has 0 aliphatic heterocycles. The minimum absolute atomic E-state index is 0.144. The number of hydrogen-bond acceptors (Lipinski definition) is 4. The van der Waals surface area contributed by atoms with Crippen molar-refractivity contribution in [3.63, 3.8) is 0 Å². The normalized spacial score (nSPS) is 10.4. The molecule has 0 spiro atoms. The van der Waals surface area contributed by atoms with Gasteiger partial charge in [0.2, 0.25) is 0 Å². The Balaban J connectivity index is 2.51. The molecule has 0 N–H and O–H groups in total. The van der Waals surface area contributed by atoms with Crippen molar-refractivity contribution >= 4 is 5.97 Å². The summed E-state index contributed by atoms with van der Waals surface area (Å²) in [6.45, 7) is 1.94. The van der Waals surface area contributed by atoms with Crippen molar-refractivity contribution in [2.45, 2.75) is 13.3 Å². The molecule has 2 aromatic rings. The summed E-state index contributed by atoms with van der Waals surface area (Å²) >= 11 is 0. The standard InChI is InChI=1S/C13H12FNO3/c1-3-8-7-15-18-12(8)9-4-10(13(16)17-2)6-11(14)5-9/h4-7H,3H2,1-2H3. The largest absolute Gasteiger partial charge is 0.465 e. The van der Waals surface area contributed by atoms with E-state index in [2.05, 4.69) is 9.89 Å². The molecule has 1 heterocycles. The van der Waals surface area contributed by atoms with Crippen molar-refractivity contribution in [2.75, 3.05) is 7.11 Å². The molecule has 0 amide bonds. The fraction of sp³-hybridized carbons (Fsp3) is 0.231. The highest BCUT2D eigenvalue weighted by molar-refractivity contribution is 5.90. The second-order valence-corrected chi connectivity index (χ2v) is 3.75. The number of esters is 1. The van der Waals surface area contributed by atoms with Crippen LogP contribution in [0.25, 0.3) is 11.3 Å². The van der Waals surface area contributed by atoms with Gasteiger partial charge in [-0.25, -0.2) is 9.18 Å². The molecular weight excluding hydrogens is 237 g/mol. The fourth-order valence-electron chi connectivity index (χ4n) is 1.71. The van der Waals surface area contributed by atoms with Crippen LogP contribution in [0.1, 0.15) is 22.8 Å². The average molecular weight is 249 g/mol. The Morgan fingerprint density at radius 1 is 1.44 bits per heavy atom. The first-order valence-electron chi connectivity index (χ1n) is 5.48. The molecule has 18 heavy (non-hydrogen) atoms. The van der Waals surface area contributed by atoms with Crippen LogP contribution in [-0.2, 0) is 11.2 Å². The van der Waals surface area contributed by atoms with Gasteiger partial charge < -0.3 is 9.26 Å². The number of rotatable bonds is 3. The molecule has 0 radical (unpaired) electrons. The highest BCUT2D eigenvalue weighted by Gasteiger charge is 2.14. The second-order valence-electron chi connectivity index (χ2n) is 3.75. The van der Waals surface area contributed by atoms with E-state index in [4.69, 9.17) is 4.52 Å². The maximum atomic E-state index is 13.5. The predicted molar refractivity (Wildman–Crippen MR) is 62.6 cm³/mol. The molecule has 5 heteroatoms. The number of aromatic nitrogens is 1. The van der Waals surface area contributed by atoms with Gasteiger partial charge in [-0.1, -0.05) is 12.1 Å². The Kier molecular flexibility index (Phi) is 3.41. The van der Waals surface area contributed by atoms with Gasteiger partial charge in [-0.15, -0.1) is 0 Å². The first kappa shape index (κ1) is 12.3. The second kappa shape index (κ2) is 5.00. The molecule has 0 atom stereocenters. The van der Waals surface area contributed by atoms with Crippen LogP contribution in [0, 0.1) is 5.82 Å². The van der Waals surface area contributed by atoms with Gasteiger partial charge in [0.25, 0.3) is 0 Å². The summed E-state index contributed by atoms with van der Waals surface area (Å²) in [5.41, 5.74) is 1.48. The zero-order valence-corrected chi connectivity index (χ0v) is 10.1.